The van der Waals surface area contributed by atoms with Crippen molar-refractivity contribution in [1.29, 1.82) is 0 Å². The Bertz CT molecular complexity index is 914. The number of rotatable bonds is 3. The van der Waals surface area contributed by atoms with Gasteiger partial charge in [0.1, 0.15) is 6.04 Å². The molecule has 152 valence electrons. The average molecular weight is 396 g/mol. The van der Waals surface area contributed by atoms with Crippen LogP contribution in [0, 0.1) is 0 Å². The van der Waals surface area contributed by atoms with Crippen LogP contribution in [0.25, 0.3) is 0 Å². The molecule has 4 aliphatic rings. The van der Waals surface area contributed by atoms with Crippen LogP contribution in [0.1, 0.15) is 58.4 Å². The van der Waals surface area contributed by atoms with Gasteiger partial charge in [-0.3, -0.25) is 34.3 Å². The molecule has 1 aromatic rings. The molecule has 0 spiro atoms. The van der Waals surface area contributed by atoms with E-state index in [9.17, 15) is 19.2 Å². The minimum atomic E-state index is -0.925. The summed E-state index contributed by atoms with van der Waals surface area (Å²) in [5.74, 6) is -1.81. The highest BCUT2D eigenvalue weighted by molar-refractivity contribution is 6.24. The van der Waals surface area contributed by atoms with E-state index < -0.39 is 23.8 Å². The summed E-state index contributed by atoms with van der Waals surface area (Å²) in [6, 6.07) is 5.40. The largest absolute Gasteiger partial charge is 0.311 e. The van der Waals surface area contributed by atoms with Gasteiger partial charge in [0, 0.05) is 38.1 Å². The molecule has 1 aliphatic carbocycles. The van der Waals surface area contributed by atoms with Gasteiger partial charge in [-0.25, -0.2) is 0 Å². The van der Waals surface area contributed by atoms with Crippen LogP contribution < -0.4 is 10.6 Å². The summed E-state index contributed by atoms with van der Waals surface area (Å²) >= 11 is 0. The first-order valence-electron chi connectivity index (χ1n) is 10.4. The molecule has 0 radical (unpaired) electrons. The number of carbonyl (C=O) groups is 4. The van der Waals surface area contributed by atoms with Gasteiger partial charge in [0.2, 0.25) is 11.8 Å². The molecule has 0 aromatic heterocycles. The molecule has 5 rings (SSSR count). The van der Waals surface area contributed by atoms with Gasteiger partial charge in [0.15, 0.2) is 0 Å². The number of nitrogens with one attached hydrogen (secondary N) is 2. The minimum Gasteiger partial charge on any atom is -0.311 e. The molecule has 8 heteroatoms. The van der Waals surface area contributed by atoms with Crippen molar-refractivity contribution in [1.82, 2.24) is 20.4 Å². The number of nitrogens with zero attached hydrogens (tertiary/aromatic N) is 2. The summed E-state index contributed by atoms with van der Waals surface area (Å²) in [6.45, 7) is 2.45. The van der Waals surface area contributed by atoms with Crippen molar-refractivity contribution in [3.05, 3.63) is 34.9 Å². The van der Waals surface area contributed by atoms with Crippen LogP contribution in [0.15, 0.2) is 18.2 Å². The van der Waals surface area contributed by atoms with Gasteiger partial charge in [0.25, 0.3) is 11.8 Å². The van der Waals surface area contributed by atoms with E-state index in [0.717, 1.165) is 30.0 Å². The van der Waals surface area contributed by atoms with Crippen molar-refractivity contribution >= 4 is 23.6 Å². The number of piperidine rings is 1. The van der Waals surface area contributed by atoms with E-state index in [4.69, 9.17) is 0 Å². The van der Waals surface area contributed by atoms with Gasteiger partial charge in [-0.15, -0.1) is 0 Å². The second-order valence-electron chi connectivity index (χ2n) is 8.32. The second kappa shape index (κ2) is 7.03. The Morgan fingerprint density at radius 3 is 2.72 bits per heavy atom. The van der Waals surface area contributed by atoms with Gasteiger partial charge in [-0.2, -0.15) is 0 Å². The summed E-state index contributed by atoms with van der Waals surface area (Å²) in [4.78, 5) is 53.4. The Kier molecular flexibility index (Phi) is 4.48. The molecule has 3 fully saturated rings. The van der Waals surface area contributed by atoms with Crippen LogP contribution in [0.3, 0.4) is 0 Å². The molecule has 1 unspecified atom stereocenters. The molecule has 4 amide bonds. The van der Waals surface area contributed by atoms with E-state index >= 15 is 0 Å². The molecular formula is C21H24N4O4. The molecular weight excluding hydrogens is 372 g/mol. The van der Waals surface area contributed by atoms with Gasteiger partial charge in [-0.1, -0.05) is 18.6 Å². The molecule has 2 saturated heterocycles. The minimum absolute atomic E-state index is 0.126. The van der Waals surface area contributed by atoms with Crippen molar-refractivity contribution < 1.29 is 19.2 Å². The van der Waals surface area contributed by atoms with Gasteiger partial charge >= 0.3 is 0 Å². The molecule has 8 nitrogen and oxygen atoms in total. The number of benzene rings is 1. The van der Waals surface area contributed by atoms with Crippen LogP contribution in [-0.4, -0.2) is 64.6 Å². The number of imide groups is 2. The maximum absolute atomic E-state index is 13.2. The van der Waals surface area contributed by atoms with Crippen molar-refractivity contribution in [2.75, 3.05) is 13.1 Å². The fourth-order valence-electron chi connectivity index (χ4n) is 5.31. The highest BCUT2D eigenvalue weighted by atomic mass is 16.2. The number of amides is 4. The smallest absolute Gasteiger partial charge is 0.262 e. The topological polar surface area (TPSA) is 98.8 Å². The number of piperazine rings is 1. The predicted molar refractivity (Wildman–Crippen MR) is 103 cm³/mol. The van der Waals surface area contributed by atoms with Gasteiger partial charge in [0.05, 0.1) is 11.1 Å². The molecule has 3 heterocycles. The quantitative estimate of drug-likeness (QED) is 0.719. The van der Waals surface area contributed by atoms with Crippen LogP contribution >= 0.6 is 0 Å². The lowest BCUT2D eigenvalue weighted by atomic mass is 10.00. The highest BCUT2D eigenvalue weighted by Gasteiger charge is 2.46. The van der Waals surface area contributed by atoms with E-state index in [1.165, 1.54) is 12.8 Å². The highest BCUT2D eigenvalue weighted by Crippen LogP contribution is 2.33. The van der Waals surface area contributed by atoms with Crippen LogP contribution in [0.4, 0.5) is 0 Å². The number of hydrogen-bond acceptors (Lipinski definition) is 6. The third-order valence-electron chi connectivity index (χ3n) is 6.68. The van der Waals surface area contributed by atoms with E-state index in [0.29, 0.717) is 29.8 Å². The van der Waals surface area contributed by atoms with E-state index in [2.05, 4.69) is 15.5 Å². The summed E-state index contributed by atoms with van der Waals surface area (Å²) in [7, 11) is 0. The first kappa shape index (κ1) is 18.4. The Morgan fingerprint density at radius 1 is 1.03 bits per heavy atom. The third-order valence-corrected chi connectivity index (χ3v) is 6.68. The zero-order chi connectivity index (χ0) is 20.1. The third kappa shape index (κ3) is 2.98. The van der Waals surface area contributed by atoms with Crippen molar-refractivity contribution in [3.8, 4) is 0 Å². The maximum Gasteiger partial charge on any atom is 0.262 e. The van der Waals surface area contributed by atoms with Gasteiger partial charge < -0.3 is 5.32 Å². The predicted octanol–water partition coefficient (Wildman–Crippen LogP) is 0.414. The van der Waals surface area contributed by atoms with Crippen molar-refractivity contribution in [3.63, 3.8) is 0 Å². The number of fused-ring (bicyclic) bond motifs is 2. The van der Waals surface area contributed by atoms with Crippen molar-refractivity contribution in [2.24, 2.45) is 0 Å². The Balaban J connectivity index is 1.43. The monoisotopic (exact) mass is 396 g/mol. The summed E-state index contributed by atoms with van der Waals surface area (Å²) in [6.07, 6.45) is 3.82. The lowest BCUT2D eigenvalue weighted by molar-refractivity contribution is -0.136. The zero-order valence-corrected chi connectivity index (χ0v) is 16.1. The molecule has 0 bridgehead atoms. The van der Waals surface area contributed by atoms with E-state index in [-0.39, 0.29) is 18.7 Å². The standard InChI is InChI=1S/C21H24N4O4/c26-17-8-7-16(19(27)23-17)25-20(28)13-4-1-3-12(18(13)21(25)29)11-24-10-9-22-14-5-2-6-15(14)24/h1,3-4,14-16,22H,2,5-11H2,(H,23,26,27)/t14-,15+,16?/m0/s1. The molecule has 3 atom stereocenters. The summed E-state index contributed by atoms with van der Waals surface area (Å²) < 4.78 is 0. The average Bonchev–Trinajstić information content (AvgIpc) is 3.28. The summed E-state index contributed by atoms with van der Waals surface area (Å²) in [5.41, 5.74) is 1.61. The molecule has 3 aliphatic heterocycles. The maximum atomic E-state index is 13.2. The van der Waals surface area contributed by atoms with Crippen LogP contribution in [-0.2, 0) is 16.1 Å². The second-order valence-corrected chi connectivity index (χ2v) is 8.32. The Morgan fingerprint density at radius 2 is 1.90 bits per heavy atom. The Hall–Kier alpha value is -2.58. The first-order chi connectivity index (χ1) is 14.0. The van der Waals surface area contributed by atoms with Crippen LogP contribution in [0.2, 0.25) is 0 Å². The van der Waals surface area contributed by atoms with E-state index in [1.54, 1.807) is 6.07 Å². The fraction of sp³-hybridized carbons (Fsp3) is 0.524. The molecule has 2 N–H and O–H groups in total. The van der Waals surface area contributed by atoms with E-state index in [1.807, 2.05) is 12.1 Å². The summed E-state index contributed by atoms with van der Waals surface area (Å²) in [5, 5.41) is 5.82. The molecule has 1 aromatic carbocycles. The lowest BCUT2D eigenvalue weighted by Crippen LogP contribution is -2.55. The molecule has 1 saturated carbocycles. The first-order valence-corrected chi connectivity index (χ1v) is 10.4. The number of carbonyl (C=O) groups excluding carboxylic acids is 4. The zero-order valence-electron chi connectivity index (χ0n) is 16.1. The lowest BCUT2D eigenvalue weighted by Gasteiger charge is -2.38. The fourth-order valence-corrected chi connectivity index (χ4v) is 5.31. The van der Waals surface area contributed by atoms with Crippen molar-refractivity contribution in [2.45, 2.75) is 56.8 Å². The SMILES string of the molecule is O=C1CCC(N2C(=O)c3cccc(CN4CCN[C@H]5CCC[C@H]54)c3C2=O)C(=O)N1. The Labute approximate surface area is 168 Å². The molecule has 29 heavy (non-hydrogen) atoms. The number of hydrogen-bond donors (Lipinski definition) is 2. The van der Waals surface area contributed by atoms with Gasteiger partial charge in [-0.05, 0) is 30.9 Å². The van der Waals surface area contributed by atoms with Crippen LogP contribution in [0.5, 0.6) is 0 Å². The normalized spacial score (nSPS) is 29.8.